The topological polar surface area (TPSA) is 58.2 Å². The Morgan fingerprint density at radius 3 is 1.96 bits per heavy atom. The van der Waals surface area contributed by atoms with Crippen LogP contribution in [0.3, 0.4) is 0 Å². The van der Waals surface area contributed by atoms with E-state index in [0.717, 1.165) is 44.3 Å². The van der Waals surface area contributed by atoms with E-state index < -0.39 is 0 Å². The van der Waals surface area contributed by atoms with Crippen LogP contribution in [-0.2, 0) is 15.0 Å². The van der Waals surface area contributed by atoms with Crippen molar-refractivity contribution in [3.63, 3.8) is 0 Å². The van der Waals surface area contributed by atoms with Crippen LogP contribution in [0.2, 0.25) is 0 Å². The number of benzene rings is 1. The first kappa shape index (κ1) is 21.5. The number of amides is 2. The summed E-state index contributed by atoms with van der Waals surface area (Å²) in [6, 6.07) is 8.11. The van der Waals surface area contributed by atoms with Crippen LogP contribution in [0.25, 0.3) is 0 Å². The molecular weight excluding hydrogens is 336 g/mol. The van der Waals surface area contributed by atoms with Gasteiger partial charge in [0.1, 0.15) is 0 Å². The van der Waals surface area contributed by atoms with Gasteiger partial charge in [-0.3, -0.25) is 9.59 Å². The molecule has 1 saturated carbocycles. The minimum absolute atomic E-state index is 0.00649. The second kappa shape index (κ2) is 9.38. The number of carbonyl (C=O) groups excluding carboxylic acids is 2. The molecule has 1 aromatic rings. The molecule has 4 heteroatoms. The molecule has 0 unspecified atom stereocenters. The van der Waals surface area contributed by atoms with Gasteiger partial charge in [-0.1, -0.05) is 46.8 Å². The van der Waals surface area contributed by atoms with Gasteiger partial charge in [-0.2, -0.15) is 0 Å². The standard InChI is InChI=1S/C23H36N2O2/c1-16(2)14-15-24-21(26)17-6-8-18(9-7-17)22(27)25-20-12-10-19(11-13-20)23(3,4)5/h10-13,16-18H,6-9,14-15H2,1-5H3,(H,24,26)(H,25,27). The summed E-state index contributed by atoms with van der Waals surface area (Å²) in [7, 11) is 0. The van der Waals surface area contributed by atoms with Gasteiger partial charge in [0.2, 0.25) is 11.8 Å². The Morgan fingerprint density at radius 1 is 0.963 bits per heavy atom. The first-order valence-electron chi connectivity index (χ1n) is 10.4. The third kappa shape index (κ3) is 6.67. The van der Waals surface area contributed by atoms with Gasteiger partial charge in [-0.05, 0) is 61.1 Å². The highest BCUT2D eigenvalue weighted by Gasteiger charge is 2.29. The molecule has 27 heavy (non-hydrogen) atoms. The largest absolute Gasteiger partial charge is 0.356 e. The van der Waals surface area contributed by atoms with Crippen molar-refractivity contribution in [1.82, 2.24) is 5.32 Å². The number of rotatable bonds is 6. The Balaban J connectivity index is 1.78. The summed E-state index contributed by atoms with van der Waals surface area (Å²) >= 11 is 0. The van der Waals surface area contributed by atoms with E-state index in [1.165, 1.54) is 5.56 Å². The maximum Gasteiger partial charge on any atom is 0.227 e. The van der Waals surface area contributed by atoms with Crippen LogP contribution < -0.4 is 10.6 Å². The molecule has 0 atom stereocenters. The molecule has 1 fully saturated rings. The van der Waals surface area contributed by atoms with Crippen molar-refractivity contribution in [2.24, 2.45) is 17.8 Å². The lowest BCUT2D eigenvalue weighted by Gasteiger charge is -2.27. The predicted octanol–water partition coefficient (Wildman–Crippen LogP) is 4.89. The molecule has 150 valence electrons. The van der Waals surface area contributed by atoms with Crippen LogP contribution in [0.5, 0.6) is 0 Å². The highest BCUT2D eigenvalue weighted by Crippen LogP contribution is 2.30. The molecule has 0 aromatic heterocycles. The van der Waals surface area contributed by atoms with Gasteiger partial charge >= 0.3 is 0 Å². The van der Waals surface area contributed by atoms with Gasteiger partial charge in [0.15, 0.2) is 0 Å². The Hall–Kier alpha value is -1.84. The second-order valence-electron chi connectivity index (χ2n) is 9.34. The monoisotopic (exact) mass is 372 g/mol. The molecule has 0 bridgehead atoms. The quantitative estimate of drug-likeness (QED) is 0.747. The normalized spacial score (nSPS) is 20.4. The van der Waals surface area contributed by atoms with E-state index in [4.69, 9.17) is 0 Å². The fourth-order valence-corrected chi connectivity index (χ4v) is 3.54. The first-order valence-corrected chi connectivity index (χ1v) is 10.4. The average Bonchev–Trinajstić information content (AvgIpc) is 2.61. The summed E-state index contributed by atoms with van der Waals surface area (Å²) in [6.07, 6.45) is 4.18. The number of nitrogens with one attached hydrogen (secondary N) is 2. The molecule has 0 heterocycles. The lowest BCUT2D eigenvalue weighted by atomic mass is 9.81. The smallest absolute Gasteiger partial charge is 0.227 e. The molecule has 4 nitrogen and oxygen atoms in total. The van der Waals surface area contributed by atoms with Crippen molar-refractivity contribution in [3.05, 3.63) is 29.8 Å². The zero-order valence-electron chi connectivity index (χ0n) is 17.6. The van der Waals surface area contributed by atoms with Crippen molar-refractivity contribution in [2.75, 3.05) is 11.9 Å². The minimum Gasteiger partial charge on any atom is -0.356 e. The van der Waals surface area contributed by atoms with E-state index in [2.05, 4.69) is 57.4 Å². The van der Waals surface area contributed by atoms with E-state index in [-0.39, 0.29) is 29.1 Å². The fourth-order valence-electron chi connectivity index (χ4n) is 3.54. The lowest BCUT2D eigenvalue weighted by Crippen LogP contribution is -2.36. The van der Waals surface area contributed by atoms with Crippen molar-refractivity contribution >= 4 is 17.5 Å². The van der Waals surface area contributed by atoms with Crippen molar-refractivity contribution in [3.8, 4) is 0 Å². The Bertz CT molecular complexity index is 621. The van der Waals surface area contributed by atoms with Crippen LogP contribution in [0.4, 0.5) is 5.69 Å². The summed E-state index contributed by atoms with van der Waals surface area (Å²) in [6.45, 7) is 11.6. The SMILES string of the molecule is CC(C)CCNC(=O)C1CCC(C(=O)Nc2ccc(C(C)(C)C)cc2)CC1. The van der Waals surface area contributed by atoms with Gasteiger partial charge in [0.05, 0.1) is 0 Å². The maximum atomic E-state index is 12.6. The van der Waals surface area contributed by atoms with Gasteiger partial charge in [-0.15, -0.1) is 0 Å². The molecule has 2 amide bonds. The molecule has 0 aliphatic heterocycles. The van der Waals surface area contributed by atoms with Crippen LogP contribution in [-0.4, -0.2) is 18.4 Å². The maximum absolute atomic E-state index is 12.6. The third-order valence-corrected chi connectivity index (χ3v) is 5.51. The highest BCUT2D eigenvalue weighted by atomic mass is 16.2. The van der Waals surface area contributed by atoms with Crippen molar-refractivity contribution in [2.45, 2.75) is 72.1 Å². The minimum atomic E-state index is 0.00649. The van der Waals surface area contributed by atoms with Gasteiger partial charge in [0.25, 0.3) is 0 Å². The third-order valence-electron chi connectivity index (χ3n) is 5.51. The van der Waals surface area contributed by atoms with E-state index in [0.29, 0.717) is 5.92 Å². The molecule has 2 N–H and O–H groups in total. The average molecular weight is 373 g/mol. The summed E-state index contributed by atoms with van der Waals surface area (Å²) in [4.78, 5) is 24.8. The van der Waals surface area contributed by atoms with Crippen LogP contribution in [0.15, 0.2) is 24.3 Å². The van der Waals surface area contributed by atoms with Crippen molar-refractivity contribution < 1.29 is 9.59 Å². The first-order chi connectivity index (χ1) is 12.7. The zero-order chi connectivity index (χ0) is 20.0. The molecule has 0 radical (unpaired) electrons. The number of hydrogen-bond donors (Lipinski definition) is 2. The predicted molar refractivity (Wildman–Crippen MR) is 112 cm³/mol. The van der Waals surface area contributed by atoms with E-state index in [1.54, 1.807) is 0 Å². The Labute approximate surface area is 164 Å². The molecular formula is C23H36N2O2. The van der Waals surface area contributed by atoms with Gasteiger partial charge < -0.3 is 10.6 Å². The van der Waals surface area contributed by atoms with Crippen molar-refractivity contribution in [1.29, 1.82) is 0 Å². The highest BCUT2D eigenvalue weighted by molar-refractivity contribution is 5.92. The summed E-state index contributed by atoms with van der Waals surface area (Å²) < 4.78 is 0. The summed E-state index contributed by atoms with van der Waals surface area (Å²) in [5, 5.41) is 6.09. The Morgan fingerprint density at radius 2 is 1.48 bits per heavy atom. The lowest BCUT2D eigenvalue weighted by molar-refractivity contribution is -0.128. The molecule has 1 aromatic carbocycles. The second-order valence-corrected chi connectivity index (χ2v) is 9.34. The molecule has 0 saturated heterocycles. The molecule has 2 rings (SSSR count). The number of hydrogen-bond acceptors (Lipinski definition) is 2. The summed E-state index contributed by atoms with van der Waals surface area (Å²) in [5.41, 5.74) is 2.21. The molecule has 1 aliphatic carbocycles. The van der Waals surface area contributed by atoms with E-state index in [9.17, 15) is 9.59 Å². The van der Waals surface area contributed by atoms with Crippen LogP contribution in [0.1, 0.15) is 72.3 Å². The van der Waals surface area contributed by atoms with E-state index in [1.807, 2.05) is 12.1 Å². The van der Waals surface area contributed by atoms with Gasteiger partial charge in [-0.25, -0.2) is 0 Å². The number of carbonyl (C=O) groups is 2. The van der Waals surface area contributed by atoms with Crippen LogP contribution in [0, 0.1) is 17.8 Å². The molecule has 0 spiro atoms. The zero-order valence-corrected chi connectivity index (χ0v) is 17.6. The van der Waals surface area contributed by atoms with E-state index >= 15 is 0 Å². The fraction of sp³-hybridized carbons (Fsp3) is 0.652. The number of anilines is 1. The van der Waals surface area contributed by atoms with Gasteiger partial charge in [0, 0.05) is 24.1 Å². The van der Waals surface area contributed by atoms with Crippen LogP contribution >= 0.6 is 0 Å². The summed E-state index contributed by atoms with van der Waals surface area (Å²) in [5.74, 6) is 0.908. The molecule has 1 aliphatic rings. The Kier molecular flexibility index (Phi) is 7.46.